The predicted molar refractivity (Wildman–Crippen MR) is 250 cm³/mol. The van der Waals surface area contributed by atoms with Crippen molar-refractivity contribution in [3.63, 3.8) is 0 Å². The highest BCUT2D eigenvalue weighted by atomic mass is 31.2. The van der Waals surface area contributed by atoms with Crippen LogP contribution in [-0.4, -0.2) is 163 Å². The molecule has 0 bridgehead atoms. The molecule has 6 unspecified atom stereocenters. The van der Waals surface area contributed by atoms with Crippen LogP contribution in [0.4, 0.5) is 0 Å². The zero-order valence-electron chi connectivity index (χ0n) is 42.2. The smallest absolute Gasteiger partial charge is 0.336 e. The molecule has 1 fully saturated rings. The highest BCUT2D eigenvalue weighted by molar-refractivity contribution is 7.44. The SMILES string of the molecule is CCCn1c(=O)n(CCOC(=O)CCCC(=O)NCCOCCOCCOC2OC(COC(C)=O)C(OC(C)=O)C(OC(C)=O)C2NC(C)=O)c(=O)n(CCOP(OCCC#N)N(C(C)C)C(C)C)c1=O. The minimum Gasteiger partial charge on any atom is -0.464 e. The van der Waals surface area contributed by atoms with E-state index in [1.807, 2.05) is 38.4 Å². The van der Waals surface area contributed by atoms with Crippen LogP contribution in [0.2, 0.25) is 0 Å². The van der Waals surface area contributed by atoms with E-state index in [1.54, 1.807) is 6.92 Å². The molecule has 26 nitrogen and oxygen atoms in total. The maximum absolute atomic E-state index is 13.4. The summed E-state index contributed by atoms with van der Waals surface area (Å²) in [6, 6.07) is 0.965. The fourth-order valence-electron chi connectivity index (χ4n) is 7.05. The van der Waals surface area contributed by atoms with Crippen LogP contribution in [0.5, 0.6) is 0 Å². The van der Waals surface area contributed by atoms with Crippen molar-refractivity contribution in [1.82, 2.24) is 29.0 Å². The van der Waals surface area contributed by atoms with Crippen LogP contribution in [-0.2, 0) is 95.3 Å². The number of hydrogen-bond acceptors (Lipinski definition) is 21. The van der Waals surface area contributed by atoms with Crippen molar-refractivity contribution < 1.29 is 75.7 Å². The highest BCUT2D eigenvalue weighted by Gasteiger charge is 2.51. The lowest BCUT2D eigenvalue weighted by Gasteiger charge is -2.44. The number of carbonyl (C=O) groups is 6. The van der Waals surface area contributed by atoms with E-state index in [0.717, 1.165) is 27.5 Å². The Morgan fingerprint density at radius 2 is 1.28 bits per heavy atom. The van der Waals surface area contributed by atoms with E-state index in [-0.39, 0.29) is 129 Å². The van der Waals surface area contributed by atoms with Crippen molar-refractivity contribution in [2.24, 2.45) is 0 Å². The molecule has 2 N–H and O–H groups in total. The molecule has 0 aliphatic carbocycles. The topological polar surface area (TPSA) is 312 Å². The molecule has 0 aromatic carbocycles. The van der Waals surface area contributed by atoms with Gasteiger partial charge in [0.2, 0.25) is 11.8 Å². The number of hydrogen-bond donors (Lipinski definition) is 2. The Hall–Kier alpha value is -5.13. The lowest BCUT2D eigenvalue weighted by molar-refractivity contribution is -0.279. The van der Waals surface area contributed by atoms with Gasteiger partial charge in [-0.15, -0.1) is 0 Å². The molecule has 2 heterocycles. The van der Waals surface area contributed by atoms with Gasteiger partial charge in [0.05, 0.1) is 71.8 Å². The highest BCUT2D eigenvalue weighted by Crippen LogP contribution is 2.45. The number of nitrogens with zero attached hydrogens (tertiary/aromatic N) is 5. The molecule has 1 aromatic heterocycles. The van der Waals surface area contributed by atoms with Crippen LogP contribution in [0.25, 0.3) is 0 Å². The Bertz CT molecular complexity index is 2080. The summed E-state index contributed by atoms with van der Waals surface area (Å²) in [5.41, 5.74) is -2.52. The van der Waals surface area contributed by atoms with Gasteiger partial charge < -0.3 is 57.6 Å². The minimum atomic E-state index is -1.64. The number of nitriles is 1. The molecule has 2 amide bonds. The van der Waals surface area contributed by atoms with E-state index in [9.17, 15) is 43.2 Å². The average molecular weight is 1030 g/mol. The van der Waals surface area contributed by atoms with Gasteiger partial charge in [-0.3, -0.25) is 28.8 Å². The van der Waals surface area contributed by atoms with E-state index in [0.29, 0.717) is 6.42 Å². The third-order valence-corrected chi connectivity index (χ3v) is 12.0. The zero-order chi connectivity index (χ0) is 53.0. The second-order valence-electron chi connectivity index (χ2n) is 16.4. The number of rotatable bonds is 34. The van der Waals surface area contributed by atoms with E-state index < -0.39 is 86.0 Å². The van der Waals surface area contributed by atoms with Gasteiger partial charge in [0.15, 0.2) is 18.5 Å². The third kappa shape index (κ3) is 22.5. The Morgan fingerprint density at radius 3 is 1.85 bits per heavy atom. The van der Waals surface area contributed by atoms with Gasteiger partial charge in [-0.1, -0.05) is 6.92 Å². The zero-order valence-corrected chi connectivity index (χ0v) is 43.1. The molecule has 27 heteroatoms. The fourth-order valence-corrected chi connectivity index (χ4v) is 8.63. The van der Waals surface area contributed by atoms with Gasteiger partial charge >= 0.3 is 40.9 Å². The fraction of sp³-hybridized carbons (Fsp3) is 0.773. The number of amides is 2. The molecular formula is C44H72N7O19P. The molecule has 6 atom stereocenters. The number of aromatic nitrogens is 3. The molecule has 1 aromatic rings. The quantitative estimate of drug-likeness (QED) is 0.0409. The molecule has 1 aliphatic rings. The summed E-state index contributed by atoms with van der Waals surface area (Å²) < 4.78 is 60.5. The summed E-state index contributed by atoms with van der Waals surface area (Å²) >= 11 is 0. The van der Waals surface area contributed by atoms with Crippen LogP contribution < -0.4 is 27.7 Å². The van der Waals surface area contributed by atoms with E-state index >= 15 is 0 Å². The molecule has 0 saturated carbocycles. The van der Waals surface area contributed by atoms with E-state index in [2.05, 4.69) is 10.6 Å². The summed E-state index contributed by atoms with van der Waals surface area (Å²) in [6.07, 6.45) is -4.23. The van der Waals surface area contributed by atoms with Gasteiger partial charge in [-0.05, 0) is 40.5 Å². The van der Waals surface area contributed by atoms with Crippen molar-refractivity contribution >= 4 is 44.2 Å². The largest absolute Gasteiger partial charge is 0.464 e. The predicted octanol–water partition coefficient (Wildman–Crippen LogP) is 0.410. The van der Waals surface area contributed by atoms with Crippen LogP contribution in [0.3, 0.4) is 0 Å². The maximum Gasteiger partial charge on any atom is 0.336 e. The van der Waals surface area contributed by atoms with E-state index in [1.165, 1.54) is 13.8 Å². The minimum absolute atomic E-state index is 0.00805. The molecule has 71 heavy (non-hydrogen) atoms. The monoisotopic (exact) mass is 1030 g/mol. The van der Waals surface area contributed by atoms with Gasteiger partial charge in [-0.25, -0.2) is 32.8 Å². The number of carbonyl (C=O) groups excluding carboxylic acids is 6. The van der Waals surface area contributed by atoms with Crippen LogP contribution in [0.1, 0.15) is 94.4 Å². The maximum atomic E-state index is 13.4. The normalized spacial score (nSPS) is 18.2. The molecule has 2 rings (SSSR count). The van der Waals surface area contributed by atoms with Gasteiger partial charge in [0.25, 0.3) is 8.53 Å². The molecule has 0 spiro atoms. The molecule has 0 radical (unpaired) electrons. The Balaban J connectivity index is 1.78. The summed E-state index contributed by atoms with van der Waals surface area (Å²) in [5, 5.41) is 14.3. The number of ether oxygens (including phenoxy) is 8. The average Bonchev–Trinajstić information content (AvgIpc) is 3.28. The molecule has 1 aliphatic heterocycles. The van der Waals surface area contributed by atoms with E-state index in [4.69, 9.17) is 52.2 Å². The number of esters is 4. The first-order valence-corrected chi connectivity index (χ1v) is 24.6. The Kier molecular flexibility index (Phi) is 29.3. The summed E-state index contributed by atoms with van der Waals surface area (Å²) in [7, 11) is -1.64. The third-order valence-electron chi connectivity index (χ3n) is 9.90. The molecule has 1 saturated heterocycles. The molecule has 402 valence electrons. The lowest BCUT2D eigenvalue weighted by atomic mass is 9.96. The Labute approximate surface area is 413 Å². The Morgan fingerprint density at radius 1 is 0.718 bits per heavy atom. The van der Waals surface area contributed by atoms with Crippen molar-refractivity contribution in [2.75, 3.05) is 66.0 Å². The van der Waals surface area contributed by atoms with Crippen LogP contribution in [0.15, 0.2) is 14.4 Å². The first kappa shape index (κ1) is 62.0. The first-order valence-electron chi connectivity index (χ1n) is 23.5. The first-order chi connectivity index (χ1) is 33.7. The second kappa shape index (κ2) is 33.5. The number of nitrogens with one attached hydrogen (secondary N) is 2. The van der Waals surface area contributed by atoms with Crippen LogP contribution >= 0.6 is 8.53 Å². The van der Waals surface area contributed by atoms with Crippen LogP contribution in [0, 0.1) is 11.3 Å². The summed E-state index contributed by atoms with van der Waals surface area (Å²) in [4.78, 5) is 112. The summed E-state index contributed by atoms with van der Waals surface area (Å²) in [6.45, 7) is 13.8. The standard InChI is InChI=1S/C44H72N7O19P/c1-10-17-48-42(58)49(44(60)50(43(48)59)19-23-67-71(66-20-12-15-45)51(29(2)3)30(4)5)18-22-63-37(57)14-11-13-36(56)46-16-21-61-24-25-62-26-27-64-41-38(47-31(6)52)40(69-34(9)55)39(68-33(8)54)35(70-41)28-65-32(7)53/h29-30,35,38-41H,10-14,16-28H2,1-9H3,(H,46,56)(H,47,52). The second-order valence-corrected chi connectivity index (χ2v) is 17.9. The van der Waals surface area contributed by atoms with Gasteiger partial charge in [0, 0.05) is 65.7 Å². The van der Waals surface area contributed by atoms with Gasteiger partial charge in [-0.2, -0.15) is 5.26 Å². The van der Waals surface area contributed by atoms with Crippen molar-refractivity contribution in [3.05, 3.63) is 31.5 Å². The molecular weight excluding hydrogens is 961 g/mol. The lowest BCUT2D eigenvalue weighted by Crippen LogP contribution is -2.66. The summed E-state index contributed by atoms with van der Waals surface area (Å²) in [5.74, 6) is -3.62. The van der Waals surface area contributed by atoms with Crippen molar-refractivity contribution in [2.45, 2.75) is 157 Å². The van der Waals surface area contributed by atoms with Gasteiger partial charge in [0.1, 0.15) is 25.4 Å². The van der Waals surface area contributed by atoms with Crippen molar-refractivity contribution in [3.8, 4) is 6.07 Å². The van der Waals surface area contributed by atoms with Crippen molar-refractivity contribution in [1.29, 1.82) is 5.26 Å².